The molecule has 30 heavy (non-hydrogen) atoms. The number of hydrogen-bond acceptors (Lipinski definition) is 18. The standard InChI is InChI=1S/C3H6N6.2C3H3N3O3.3Zn/c4-1-7-2(5)9-3(6)8-1;2*7-1-4-2(8)6-3(9)5-1;;;/h(H6,4,5,6,7,8,9);2*(H3,4,5,6,7,8,9);;;/q;;;3*+2/p-6. The Balaban J connectivity index is -0.000000347. The Morgan fingerprint density at radius 1 is 0.333 bits per heavy atom. The van der Waals surface area contributed by atoms with Crippen LogP contribution in [0.5, 0.6) is 36.1 Å². The predicted octanol–water partition coefficient (Wildman–Crippen LogP) is -7.20. The Bertz CT molecular complexity index is 655. The summed E-state index contributed by atoms with van der Waals surface area (Å²) in [6.45, 7) is 0. The molecule has 0 fully saturated rings. The van der Waals surface area contributed by atoms with Crippen LogP contribution < -0.4 is 47.8 Å². The zero-order valence-electron chi connectivity index (χ0n) is 14.8. The van der Waals surface area contributed by atoms with E-state index in [0.717, 1.165) is 0 Å². The summed E-state index contributed by atoms with van der Waals surface area (Å²) in [6, 6.07) is -6.50. The van der Waals surface area contributed by atoms with Gasteiger partial charge < -0.3 is 47.8 Å². The van der Waals surface area contributed by atoms with Crippen molar-refractivity contribution < 1.29 is 89.1 Å². The van der Waals surface area contributed by atoms with E-state index in [-0.39, 0.29) is 76.3 Å². The van der Waals surface area contributed by atoms with Crippen LogP contribution in [0.2, 0.25) is 0 Å². The van der Waals surface area contributed by atoms with Gasteiger partial charge in [0.1, 0.15) is 0 Å². The molecule has 3 aromatic heterocycles. The quantitative estimate of drug-likeness (QED) is 0.210. The third kappa shape index (κ3) is 13.3. The SMILES string of the molecule is Nc1nc(N)nc(N)n1.[O-]c1nc([O-])nc([O-])n1.[O-]c1nc([O-])nc([O-])n1.[Zn+2].[Zn+2].[Zn+2]. The number of hydrogen-bond donors (Lipinski definition) is 3. The number of anilines is 3. The average molecular weight is 574 g/mol. The zero-order chi connectivity index (χ0) is 20.6. The molecule has 18 nitrogen and oxygen atoms in total. The maximum atomic E-state index is 10.0. The van der Waals surface area contributed by atoms with Crippen molar-refractivity contribution in [2.75, 3.05) is 17.2 Å². The number of nitrogens with zero attached hydrogens (tertiary/aromatic N) is 9. The van der Waals surface area contributed by atoms with Gasteiger partial charge in [-0.15, -0.1) is 0 Å². The number of aromatic nitrogens is 9. The van der Waals surface area contributed by atoms with E-state index in [4.69, 9.17) is 17.2 Å². The van der Waals surface area contributed by atoms with Crippen LogP contribution in [0.3, 0.4) is 0 Å². The molecule has 0 bridgehead atoms. The summed E-state index contributed by atoms with van der Waals surface area (Å²) in [5.74, 6) is 0.125. The Kier molecular flexibility index (Phi) is 15.9. The van der Waals surface area contributed by atoms with Crippen LogP contribution >= 0.6 is 0 Å². The number of nitrogens with two attached hydrogens (primary N) is 3. The molecule has 0 amide bonds. The predicted molar refractivity (Wildman–Crippen MR) is 69.4 cm³/mol. The fourth-order valence-corrected chi connectivity index (χ4v) is 1.07. The molecule has 0 atom stereocenters. The summed E-state index contributed by atoms with van der Waals surface area (Å²) in [4.78, 5) is 26.7. The molecule has 0 aromatic carbocycles. The van der Waals surface area contributed by atoms with E-state index < -0.39 is 36.1 Å². The third-order valence-corrected chi connectivity index (χ3v) is 1.84. The van der Waals surface area contributed by atoms with E-state index >= 15 is 0 Å². The van der Waals surface area contributed by atoms with Gasteiger partial charge in [-0.1, -0.05) is 0 Å². The molecular formula is C9H6N12O6Zn3. The molecule has 0 radical (unpaired) electrons. The first-order chi connectivity index (χ1) is 12.5. The van der Waals surface area contributed by atoms with E-state index in [0.29, 0.717) is 0 Å². The van der Waals surface area contributed by atoms with Crippen LogP contribution in [0.15, 0.2) is 0 Å². The van der Waals surface area contributed by atoms with Crippen LogP contribution in [0.4, 0.5) is 17.8 Å². The molecule has 0 aliphatic carbocycles. The smallest absolute Gasteiger partial charge is 0.844 e. The number of rotatable bonds is 0. The van der Waals surface area contributed by atoms with Gasteiger partial charge in [-0.25, -0.2) is 29.9 Å². The summed E-state index contributed by atoms with van der Waals surface area (Å²) in [5.41, 5.74) is 15.4. The summed E-state index contributed by atoms with van der Waals surface area (Å²) in [6.07, 6.45) is 0. The summed E-state index contributed by atoms with van der Waals surface area (Å²) in [7, 11) is 0. The van der Waals surface area contributed by atoms with Crippen molar-refractivity contribution in [1.82, 2.24) is 44.9 Å². The minimum absolute atomic E-state index is 0. The van der Waals surface area contributed by atoms with Crippen LogP contribution in [-0.4, -0.2) is 44.9 Å². The van der Waals surface area contributed by atoms with Gasteiger partial charge in [-0.3, -0.25) is 0 Å². The monoisotopic (exact) mass is 570 g/mol. The fourth-order valence-electron chi connectivity index (χ4n) is 1.07. The normalized spacial score (nSPS) is 8.40. The summed E-state index contributed by atoms with van der Waals surface area (Å²) in [5, 5.41) is 60.3. The first-order valence-corrected chi connectivity index (χ1v) is 6.12. The van der Waals surface area contributed by atoms with Crippen LogP contribution in [-0.2, 0) is 58.4 Å². The molecule has 3 rings (SSSR count). The minimum atomic E-state index is -1.08. The van der Waals surface area contributed by atoms with Crippen molar-refractivity contribution in [2.45, 2.75) is 0 Å². The second kappa shape index (κ2) is 15.0. The van der Waals surface area contributed by atoms with E-state index in [2.05, 4.69) is 44.9 Å². The molecule has 0 saturated carbocycles. The van der Waals surface area contributed by atoms with Crippen molar-refractivity contribution in [3.8, 4) is 36.1 Å². The molecule has 0 aliphatic rings. The van der Waals surface area contributed by atoms with Gasteiger partial charge in [0.2, 0.25) is 17.8 Å². The molecule has 6 N–H and O–H groups in total. The second-order valence-corrected chi connectivity index (χ2v) is 3.78. The maximum Gasteiger partial charge on any atom is 2.00 e. The van der Waals surface area contributed by atoms with Gasteiger partial charge in [0.25, 0.3) is 0 Å². The van der Waals surface area contributed by atoms with Crippen LogP contribution in [0.25, 0.3) is 0 Å². The topological polar surface area (TPSA) is 332 Å². The van der Waals surface area contributed by atoms with E-state index in [1.807, 2.05) is 0 Å². The zero-order valence-corrected chi connectivity index (χ0v) is 23.7. The third-order valence-electron chi connectivity index (χ3n) is 1.84. The first kappa shape index (κ1) is 31.8. The van der Waals surface area contributed by atoms with E-state index in [9.17, 15) is 30.6 Å². The van der Waals surface area contributed by atoms with Gasteiger partial charge in [0.05, 0.1) is 36.1 Å². The molecule has 144 valence electrons. The van der Waals surface area contributed by atoms with Crippen molar-refractivity contribution in [3.63, 3.8) is 0 Å². The van der Waals surface area contributed by atoms with Crippen molar-refractivity contribution in [2.24, 2.45) is 0 Å². The molecule has 0 aliphatic heterocycles. The van der Waals surface area contributed by atoms with Gasteiger partial charge in [0.15, 0.2) is 0 Å². The molecule has 21 heteroatoms. The molecule has 3 heterocycles. The van der Waals surface area contributed by atoms with Gasteiger partial charge in [-0.2, -0.15) is 15.0 Å². The molecule has 0 unspecified atom stereocenters. The maximum absolute atomic E-state index is 10.0. The Labute approximate surface area is 204 Å². The minimum Gasteiger partial charge on any atom is -0.844 e. The van der Waals surface area contributed by atoms with Crippen molar-refractivity contribution >= 4 is 17.8 Å². The summed E-state index contributed by atoms with van der Waals surface area (Å²) >= 11 is 0. The molecule has 0 saturated heterocycles. The fraction of sp³-hybridized carbons (Fsp3) is 0. The average Bonchev–Trinajstić information content (AvgIpc) is 2.43. The van der Waals surface area contributed by atoms with Crippen LogP contribution in [0, 0.1) is 0 Å². The molecule has 0 spiro atoms. The van der Waals surface area contributed by atoms with Gasteiger partial charge in [0, 0.05) is 0 Å². The number of nitrogen functional groups attached to an aromatic ring is 3. The van der Waals surface area contributed by atoms with E-state index in [1.165, 1.54) is 0 Å². The first-order valence-electron chi connectivity index (χ1n) is 6.12. The van der Waals surface area contributed by atoms with Crippen molar-refractivity contribution in [1.29, 1.82) is 0 Å². The second-order valence-electron chi connectivity index (χ2n) is 3.78. The summed E-state index contributed by atoms with van der Waals surface area (Å²) < 4.78 is 0. The van der Waals surface area contributed by atoms with Crippen LogP contribution in [0.1, 0.15) is 0 Å². The van der Waals surface area contributed by atoms with Crippen molar-refractivity contribution in [3.05, 3.63) is 0 Å². The Morgan fingerprint density at radius 2 is 0.467 bits per heavy atom. The van der Waals surface area contributed by atoms with Gasteiger partial charge >= 0.3 is 58.4 Å². The Morgan fingerprint density at radius 3 is 0.600 bits per heavy atom. The largest absolute Gasteiger partial charge is 2.00 e. The Hall–Kier alpha value is -2.90. The molecular weight excluding hydrogens is 568 g/mol. The van der Waals surface area contributed by atoms with E-state index in [1.54, 1.807) is 0 Å². The molecule has 3 aromatic rings. The van der Waals surface area contributed by atoms with Gasteiger partial charge in [-0.05, 0) is 0 Å².